The summed E-state index contributed by atoms with van der Waals surface area (Å²) in [5, 5.41) is 8.65. The van der Waals surface area contributed by atoms with Crippen LogP contribution in [0.15, 0.2) is 54.6 Å². The zero-order valence-corrected chi connectivity index (χ0v) is 12.0. The molecule has 0 aliphatic heterocycles. The number of carboxylic acids is 1. The van der Waals surface area contributed by atoms with Crippen LogP contribution in [-0.2, 0) is 4.79 Å². The number of hydrogen-bond acceptors (Lipinski definition) is 3. The van der Waals surface area contributed by atoms with Gasteiger partial charge in [-0.25, -0.2) is 5.12 Å². The molecule has 2 aromatic carbocycles. The van der Waals surface area contributed by atoms with Gasteiger partial charge in [0.2, 0.25) is 0 Å². The molecular weight excluding hydrogens is 273 g/mol. The zero-order chi connectivity index (χ0) is 15.7. The molecule has 1 N–H and O–H groups in total. The van der Waals surface area contributed by atoms with Crippen LogP contribution in [0.2, 0.25) is 0 Å². The predicted molar refractivity (Wildman–Crippen MR) is 80.4 cm³/mol. The number of nitrogens with zero attached hydrogens (tertiary/aromatic N) is 1. The van der Waals surface area contributed by atoms with Gasteiger partial charge < -0.3 is 9.84 Å². The first-order valence-electron chi connectivity index (χ1n) is 6.63. The van der Waals surface area contributed by atoms with Crippen molar-refractivity contribution in [1.82, 2.24) is 0 Å². The van der Waals surface area contributed by atoms with E-state index in [4.69, 9.17) is 9.84 Å². The van der Waals surface area contributed by atoms with Gasteiger partial charge in [-0.3, -0.25) is 4.79 Å². The third-order valence-corrected chi connectivity index (χ3v) is 2.37. The first-order chi connectivity index (χ1) is 10.1. The van der Waals surface area contributed by atoms with Crippen molar-refractivity contribution in [2.45, 2.75) is 13.8 Å². The van der Waals surface area contributed by atoms with Crippen molar-refractivity contribution >= 4 is 11.7 Å². The molecule has 0 aromatic heterocycles. The van der Waals surface area contributed by atoms with Crippen molar-refractivity contribution in [2.24, 2.45) is 0 Å². The van der Waals surface area contributed by atoms with Crippen molar-refractivity contribution < 1.29 is 19.1 Å². The maximum absolute atomic E-state index is 13.4. The Kier molecular flexibility index (Phi) is 6.74. The Balaban J connectivity index is 0.00000106. The van der Waals surface area contributed by atoms with E-state index in [0.717, 1.165) is 0 Å². The van der Waals surface area contributed by atoms with Gasteiger partial charge in [0.25, 0.3) is 0 Å². The molecule has 4 nitrogen and oxygen atoms in total. The van der Waals surface area contributed by atoms with E-state index in [-0.39, 0.29) is 10.8 Å². The van der Waals surface area contributed by atoms with E-state index >= 15 is 0 Å². The van der Waals surface area contributed by atoms with Crippen LogP contribution in [0.3, 0.4) is 0 Å². The van der Waals surface area contributed by atoms with E-state index in [0.29, 0.717) is 11.5 Å². The molecule has 21 heavy (non-hydrogen) atoms. The van der Waals surface area contributed by atoms with Crippen molar-refractivity contribution in [2.75, 3.05) is 11.7 Å². The molecule has 112 valence electrons. The van der Waals surface area contributed by atoms with Gasteiger partial charge in [-0.1, -0.05) is 36.5 Å². The highest BCUT2D eigenvalue weighted by Crippen LogP contribution is 2.24. The van der Waals surface area contributed by atoms with Crippen LogP contribution in [-0.4, -0.2) is 17.6 Å². The molecule has 2 rings (SSSR count). The minimum atomic E-state index is -1.23. The number of anilines is 1. The summed E-state index contributed by atoms with van der Waals surface area (Å²) in [6, 6.07) is 15.3. The summed E-state index contributed by atoms with van der Waals surface area (Å²) in [7, 11) is 0. The highest BCUT2D eigenvalue weighted by Gasteiger charge is 2.09. The number of carboxylic acid groups (broad SMARTS) is 1. The third kappa shape index (κ3) is 5.52. The normalized spacial score (nSPS) is 9.29. The third-order valence-electron chi connectivity index (χ3n) is 2.37. The number of ether oxygens (including phenoxy) is 1. The lowest BCUT2D eigenvalue weighted by Gasteiger charge is -2.12. The van der Waals surface area contributed by atoms with Gasteiger partial charge in [-0.2, -0.15) is 0 Å². The van der Waals surface area contributed by atoms with Gasteiger partial charge in [0, 0.05) is 0 Å². The largest absolute Gasteiger partial charge is 0.480 e. The van der Waals surface area contributed by atoms with Crippen LogP contribution < -0.4 is 9.86 Å². The standard InChI is InChI=1S/C14H12FNO3.C2H6/c15-16(10-14(17)18)11-6-8-13(9-7-11)19-12-4-2-1-3-5-12;1-2/h1-9H,10H2,(H,17,18);1-2H3. The van der Waals surface area contributed by atoms with Crippen LogP contribution in [0, 0.1) is 0 Å². The highest BCUT2D eigenvalue weighted by molar-refractivity contribution is 5.72. The fourth-order valence-corrected chi connectivity index (χ4v) is 1.51. The number of carbonyl (C=O) groups is 1. The van der Waals surface area contributed by atoms with E-state index in [9.17, 15) is 9.28 Å². The molecule has 0 radical (unpaired) electrons. The molecular formula is C16H18FNO3. The lowest BCUT2D eigenvalue weighted by atomic mass is 10.3. The van der Waals surface area contributed by atoms with Crippen LogP contribution in [0.25, 0.3) is 0 Å². The summed E-state index contributed by atoms with van der Waals surface area (Å²) < 4.78 is 18.9. The second kappa shape index (κ2) is 8.58. The van der Waals surface area contributed by atoms with E-state index in [1.165, 1.54) is 12.1 Å². The Morgan fingerprint density at radius 1 is 1.05 bits per heavy atom. The van der Waals surface area contributed by atoms with Crippen LogP contribution >= 0.6 is 0 Å². The monoisotopic (exact) mass is 291 g/mol. The predicted octanol–water partition coefficient (Wildman–Crippen LogP) is 4.28. The Bertz CT molecular complexity index is 543. The molecule has 0 atom stereocenters. The van der Waals surface area contributed by atoms with Gasteiger partial charge in [-0.15, -0.1) is 0 Å². The SMILES string of the molecule is CC.O=C(O)CN(F)c1ccc(Oc2ccccc2)cc1. The minimum absolute atomic E-state index is 0.161. The van der Waals surface area contributed by atoms with Crippen LogP contribution in [0.5, 0.6) is 11.5 Å². The molecule has 0 bridgehead atoms. The summed E-state index contributed by atoms with van der Waals surface area (Å²) in [5.74, 6) is 0.00341. The lowest BCUT2D eigenvalue weighted by Crippen LogP contribution is -2.20. The Hall–Kier alpha value is -2.56. The average Bonchev–Trinajstić information content (AvgIpc) is 2.50. The summed E-state index contributed by atoms with van der Waals surface area (Å²) in [5.41, 5.74) is 0.169. The van der Waals surface area contributed by atoms with E-state index < -0.39 is 12.5 Å². The van der Waals surface area contributed by atoms with E-state index in [1.807, 2.05) is 32.0 Å². The lowest BCUT2D eigenvalue weighted by molar-refractivity contribution is -0.135. The van der Waals surface area contributed by atoms with E-state index in [2.05, 4.69) is 0 Å². The molecule has 0 fully saturated rings. The van der Waals surface area contributed by atoms with Gasteiger partial charge in [0.05, 0.1) is 5.69 Å². The molecule has 0 aliphatic carbocycles. The molecule has 0 spiro atoms. The molecule has 0 unspecified atom stereocenters. The molecule has 0 aliphatic rings. The number of hydrogen-bond donors (Lipinski definition) is 1. The molecule has 0 heterocycles. The maximum Gasteiger partial charge on any atom is 0.326 e. The summed E-state index contributed by atoms with van der Waals surface area (Å²) >= 11 is 0. The Labute approximate surface area is 123 Å². The molecule has 5 heteroatoms. The van der Waals surface area contributed by atoms with Crippen molar-refractivity contribution in [1.29, 1.82) is 0 Å². The van der Waals surface area contributed by atoms with Crippen molar-refractivity contribution in [3.63, 3.8) is 0 Å². The summed E-state index contributed by atoms with van der Waals surface area (Å²) in [6.45, 7) is 3.30. The number of benzene rings is 2. The second-order valence-corrected chi connectivity index (χ2v) is 3.82. The van der Waals surface area contributed by atoms with Gasteiger partial charge in [-0.05, 0) is 36.4 Å². The molecule has 0 amide bonds. The quantitative estimate of drug-likeness (QED) is 0.835. The van der Waals surface area contributed by atoms with Crippen molar-refractivity contribution in [3.8, 4) is 11.5 Å². The molecule has 0 saturated carbocycles. The van der Waals surface area contributed by atoms with Gasteiger partial charge in [0.1, 0.15) is 18.0 Å². The summed E-state index contributed by atoms with van der Waals surface area (Å²) in [4.78, 5) is 10.4. The first kappa shape index (κ1) is 16.5. The van der Waals surface area contributed by atoms with Crippen molar-refractivity contribution in [3.05, 3.63) is 54.6 Å². The smallest absolute Gasteiger partial charge is 0.326 e. The fourth-order valence-electron chi connectivity index (χ4n) is 1.51. The zero-order valence-electron chi connectivity index (χ0n) is 12.0. The minimum Gasteiger partial charge on any atom is -0.480 e. The summed E-state index contributed by atoms with van der Waals surface area (Å²) in [6.07, 6.45) is 0. The average molecular weight is 291 g/mol. The number of rotatable bonds is 5. The highest BCUT2D eigenvalue weighted by atomic mass is 19.2. The topological polar surface area (TPSA) is 49.8 Å². The number of para-hydroxylation sites is 1. The Morgan fingerprint density at radius 3 is 2.10 bits per heavy atom. The number of halogens is 1. The van der Waals surface area contributed by atoms with Gasteiger partial charge >= 0.3 is 5.97 Å². The van der Waals surface area contributed by atoms with Gasteiger partial charge in [0.15, 0.2) is 0 Å². The van der Waals surface area contributed by atoms with E-state index in [1.54, 1.807) is 24.3 Å². The molecule has 0 saturated heterocycles. The first-order valence-corrected chi connectivity index (χ1v) is 6.63. The maximum atomic E-state index is 13.4. The van der Waals surface area contributed by atoms with Crippen LogP contribution in [0.1, 0.15) is 13.8 Å². The number of aliphatic carboxylic acids is 1. The Morgan fingerprint density at radius 2 is 1.57 bits per heavy atom. The fraction of sp³-hybridized carbons (Fsp3) is 0.188. The molecule has 2 aromatic rings. The van der Waals surface area contributed by atoms with Crippen LogP contribution in [0.4, 0.5) is 10.2 Å². The second-order valence-electron chi connectivity index (χ2n) is 3.82.